The molecule has 0 bridgehead atoms. The molecule has 150 valence electrons. The fraction of sp³-hybridized carbons (Fsp3) is 0.474. The van der Waals surface area contributed by atoms with Crippen LogP contribution in [-0.4, -0.2) is 38.8 Å². The standard InChI is InChI=1S/C19H22ClN3O4S/c1-19(2)8-11(5-6-27-19)23-17-15(18(26)22-23)16(28-9-14(25)21-17)10-3-4-13(24)12(20)7-10/h3-4,7,11,16,24H,5-6,8-9H2,1-2H3,(H,21,25)(H,22,26). The molecule has 2 aromatic rings. The van der Waals surface area contributed by atoms with E-state index in [1.54, 1.807) is 16.8 Å². The SMILES string of the molecule is CC1(C)CC(n2[nH]c(=O)c3c2NC(=O)CSC3c2ccc(O)c(Cl)c2)CCO1. The van der Waals surface area contributed by atoms with E-state index in [2.05, 4.69) is 10.4 Å². The lowest BCUT2D eigenvalue weighted by molar-refractivity contribution is -0.113. The van der Waals surface area contributed by atoms with Crippen LogP contribution in [0.5, 0.6) is 5.75 Å². The Balaban J connectivity index is 1.81. The van der Waals surface area contributed by atoms with Crippen LogP contribution in [0.25, 0.3) is 0 Å². The number of carbonyl (C=O) groups excluding carboxylic acids is 1. The Kier molecular flexibility index (Phi) is 4.97. The van der Waals surface area contributed by atoms with Crippen LogP contribution in [0.1, 0.15) is 49.1 Å². The van der Waals surface area contributed by atoms with Crippen LogP contribution in [0.3, 0.4) is 0 Å². The molecule has 1 fully saturated rings. The first-order valence-corrected chi connectivity index (χ1v) is 10.6. The van der Waals surface area contributed by atoms with E-state index in [4.69, 9.17) is 16.3 Å². The van der Waals surface area contributed by atoms with Crippen LogP contribution in [0.4, 0.5) is 5.82 Å². The smallest absolute Gasteiger partial charge is 0.270 e. The molecule has 1 aromatic carbocycles. The number of rotatable bonds is 2. The number of fused-ring (bicyclic) bond motifs is 1. The summed E-state index contributed by atoms with van der Waals surface area (Å²) in [7, 11) is 0. The van der Waals surface area contributed by atoms with Crippen molar-refractivity contribution in [3.05, 3.63) is 44.7 Å². The summed E-state index contributed by atoms with van der Waals surface area (Å²) < 4.78 is 7.59. The van der Waals surface area contributed by atoms with Gasteiger partial charge in [0.15, 0.2) is 0 Å². The van der Waals surface area contributed by atoms with Crippen LogP contribution in [0, 0.1) is 0 Å². The molecule has 7 nitrogen and oxygen atoms in total. The number of aromatic hydroxyl groups is 1. The normalized spacial score (nSPS) is 24.3. The molecule has 1 aromatic heterocycles. The molecule has 4 rings (SSSR count). The summed E-state index contributed by atoms with van der Waals surface area (Å²) in [6.07, 6.45) is 1.47. The molecule has 2 unspecified atom stereocenters. The Labute approximate surface area is 171 Å². The molecule has 1 saturated heterocycles. The molecule has 0 aliphatic carbocycles. The molecule has 2 aliphatic rings. The first-order valence-electron chi connectivity index (χ1n) is 9.13. The molecule has 1 amide bonds. The van der Waals surface area contributed by atoms with Crippen LogP contribution in [-0.2, 0) is 9.53 Å². The van der Waals surface area contributed by atoms with Gasteiger partial charge in [-0.2, -0.15) is 0 Å². The quantitative estimate of drug-likeness (QED) is 0.687. The van der Waals surface area contributed by atoms with Crippen molar-refractivity contribution in [1.82, 2.24) is 9.78 Å². The van der Waals surface area contributed by atoms with Gasteiger partial charge in [-0.05, 0) is 44.4 Å². The Morgan fingerprint density at radius 3 is 2.86 bits per heavy atom. The first-order chi connectivity index (χ1) is 13.2. The molecular formula is C19H22ClN3O4S. The summed E-state index contributed by atoms with van der Waals surface area (Å²) in [6.45, 7) is 4.64. The van der Waals surface area contributed by atoms with E-state index in [0.29, 0.717) is 18.0 Å². The number of aromatic amines is 1. The van der Waals surface area contributed by atoms with Crippen molar-refractivity contribution in [2.75, 3.05) is 17.7 Å². The van der Waals surface area contributed by atoms with E-state index in [0.717, 1.165) is 18.4 Å². The minimum atomic E-state index is -0.370. The lowest BCUT2D eigenvalue weighted by Crippen LogP contribution is -2.36. The second-order valence-electron chi connectivity index (χ2n) is 7.78. The third-order valence-corrected chi connectivity index (χ3v) is 6.75. The Morgan fingerprint density at radius 1 is 1.36 bits per heavy atom. The molecule has 2 atom stereocenters. The number of anilines is 1. The van der Waals surface area contributed by atoms with Gasteiger partial charge in [0, 0.05) is 6.61 Å². The van der Waals surface area contributed by atoms with Crippen molar-refractivity contribution < 1.29 is 14.6 Å². The lowest BCUT2D eigenvalue weighted by atomic mass is 9.94. The number of carbonyl (C=O) groups is 1. The topological polar surface area (TPSA) is 96.4 Å². The first kappa shape index (κ1) is 19.4. The summed E-state index contributed by atoms with van der Waals surface area (Å²) in [5.74, 6) is 0.556. The maximum absolute atomic E-state index is 12.9. The highest BCUT2D eigenvalue weighted by atomic mass is 35.5. The van der Waals surface area contributed by atoms with Crippen molar-refractivity contribution in [1.29, 1.82) is 0 Å². The van der Waals surface area contributed by atoms with E-state index in [1.807, 2.05) is 13.8 Å². The molecular weight excluding hydrogens is 402 g/mol. The Hall–Kier alpha value is -1.90. The number of hydrogen-bond acceptors (Lipinski definition) is 5. The Bertz CT molecular complexity index is 984. The van der Waals surface area contributed by atoms with Crippen LogP contribution >= 0.6 is 23.4 Å². The number of halogens is 1. The van der Waals surface area contributed by atoms with Gasteiger partial charge in [0.05, 0.1) is 33.2 Å². The van der Waals surface area contributed by atoms with Crippen molar-refractivity contribution in [3.63, 3.8) is 0 Å². The highest BCUT2D eigenvalue weighted by molar-refractivity contribution is 8.00. The number of H-pyrrole nitrogens is 1. The van der Waals surface area contributed by atoms with E-state index >= 15 is 0 Å². The monoisotopic (exact) mass is 423 g/mol. The van der Waals surface area contributed by atoms with E-state index in [1.165, 1.54) is 17.8 Å². The molecule has 0 saturated carbocycles. The van der Waals surface area contributed by atoms with Gasteiger partial charge in [-0.15, -0.1) is 11.8 Å². The van der Waals surface area contributed by atoms with E-state index < -0.39 is 0 Å². The van der Waals surface area contributed by atoms with Gasteiger partial charge < -0.3 is 15.2 Å². The second-order valence-corrected chi connectivity index (χ2v) is 9.28. The molecule has 3 N–H and O–H groups in total. The van der Waals surface area contributed by atoms with Crippen LogP contribution in [0.15, 0.2) is 23.0 Å². The molecule has 3 heterocycles. The average molecular weight is 424 g/mol. The van der Waals surface area contributed by atoms with Gasteiger partial charge in [-0.25, -0.2) is 0 Å². The highest BCUT2D eigenvalue weighted by Gasteiger charge is 2.36. The predicted molar refractivity (Wildman–Crippen MR) is 109 cm³/mol. The summed E-state index contributed by atoms with van der Waals surface area (Å²) in [5, 5.41) is 15.4. The number of phenolic OH excluding ortho intramolecular Hbond substituents is 1. The predicted octanol–water partition coefficient (Wildman–Crippen LogP) is 3.44. The maximum Gasteiger partial charge on any atom is 0.270 e. The number of nitrogens with one attached hydrogen (secondary N) is 2. The van der Waals surface area contributed by atoms with Crippen molar-refractivity contribution in [2.45, 2.75) is 43.6 Å². The van der Waals surface area contributed by atoms with Crippen molar-refractivity contribution in [3.8, 4) is 5.75 Å². The van der Waals surface area contributed by atoms with Crippen LogP contribution in [0.2, 0.25) is 5.02 Å². The largest absolute Gasteiger partial charge is 0.506 e. The molecule has 2 aliphatic heterocycles. The number of thioether (sulfide) groups is 1. The lowest BCUT2D eigenvalue weighted by Gasteiger charge is -2.36. The Morgan fingerprint density at radius 2 is 2.14 bits per heavy atom. The van der Waals surface area contributed by atoms with Crippen molar-refractivity contribution in [2.24, 2.45) is 0 Å². The average Bonchev–Trinajstić information content (AvgIpc) is 2.83. The van der Waals surface area contributed by atoms with Gasteiger partial charge >= 0.3 is 0 Å². The van der Waals surface area contributed by atoms with Crippen LogP contribution < -0.4 is 10.9 Å². The van der Waals surface area contributed by atoms with Gasteiger partial charge in [-0.3, -0.25) is 19.4 Å². The van der Waals surface area contributed by atoms with Gasteiger partial charge in [-0.1, -0.05) is 17.7 Å². The fourth-order valence-corrected chi connectivity index (χ4v) is 5.19. The van der Waals surface area contributed by atoms with E-state index in [9.17, 15) is 14.7 Å². The molecule has 28 heavy (non-hydrogen) atoms. The number of ether oxygens (including phenoxy) is 1. The minimum Gasteiger partial charge on any atom is -0.506 e. The number of hydrogen-bond donors (Lipinski definition) is 3. The summed E-state index contributed by atoms with van der Waals surface area (Å²) >= 11 is 7.45. The maximum atomic E-state index is 12.9. The van der Waals surface area contributed by atoms with Gasteiger partial charge in [0.2, 0.25) is 5.91 Å². The number of phenols is 1. The third-order valence-electron chi connectivity index (χ3n) is 5.17. The summed E-state index contributed by atoms with van der Waals surface area (Å²) in [4.78, 5) is 25.3. The summed E-state index contributed by atoms with van der Waals surface area (Å²) in [6, 6.07) is 4.90. The molecule has 9 heteroatoms. The highest BCUT2D eigenvalue weighted by Crippen LogP contribution is 2.43. The summed E-state index contributed by atoms with van der Waals surface area (Å²) in [5.41, 5.74) is 0.732. The third kappa shape index (κ3) is 3.56. The molecule has 0 radical (unpaired) electrons. The molecule has 0 spiro atoms. The second kappa shape index (κ2) is 7.17. The van der Waals surface area contributed by atoms with Gasteiger partial charge in [0.25, 0.3) is 5.56 Å². The number of benzene rings is 1. The fourth-order valence-electron chi connectivity index (χ4n) is 3.89. The zero-order valence-corrected chi connectivity index (χ0v) is 17.2. The van der Waals surface area contributed by atoms with Crippen molar-refractivity contribution >= 4 is 35.1 Å². The van der Waals surface area contributed by atoms with E-state index in [-0.39, 0.29) is 44.9 Å². The number of aromatic nitrogens is 2. The zero-order chi connectivity index (χ0) is 20.1. The number of nitrogens with zero attached hydrogens (tertiary/aromatic N) is 1. The minimum absolute atomic E-state index is 0.0191. The zero-order valence-electron chi connectivity index (χ0n) is 15.6. The number of amides is 1. The van der Waals surface area contributed by atoms with Gasteiger partial charge in [0.1, 0.15) is 11.6 Å².